The molecule has 20 heavy (non-hydrogen) atoms. The van der Waals surface area contributed by atoms with E-state index in [4.69, 9.17) is 5.11 Å². The van der Waals surface area contributed by atoms with Crippen molar-refractivity contribution in [2.24, 2.45) is 0 Å². The molecule has 2 aromatic rings. The smallest absolute Gasteiger partial charge is 0.419 e. The van der Waals surface area contributed by atoms with Crippen LogP contribution in [0.2, 0.25) is 0 Å². The SMILES string of the molecule is Oc1ccc(CCNc2ncccc2C(F)(F)F)cc1. The standard InChI is InChI=1S/C14H13F3N2O/c15-14(16,17)12-2-1-8-18-13(12)19-9-7-10-3-5-11(20)6-4-10/h1-6,8,20H,7,9H2,(H,18,19). The molecule has 0 radical (unpaired) electrons. The zero-order chi connectivity index (χ0) is 14.6. The number of alkyl halides is 3. The third-order valence-corrected chi connectivity index (χ3v) is 2.76. The first-order chi connectivity index (χ1) is 9.47. The highest BCUT2D eigenvalue weighted by Crippen LogP contribution is 2.33. The van der Waals surface area contributed by atoms with Gasteiger partial charge in [0.25, 0.3) is 0 Å². The fraction of sp³-hybridized carbons (Fsp3) is 0.214. The van der Waals surface area contributed by atoms with Crippen molar-refractivity contribution in [1.29, 1.82) is 0 Å². The van der Waals surface area contributed by atoms with Crippen LogP contribution in [0.1, 0.15) is 11.1 Å². The number of halogens is 3. The number of hydrogen-bond acceptors (Lipinski definition) is 3. The Kier molecular flexibility index (Phi) is 4.12. The molecular weight excluding hydrogens is 269 g/mol. The molecular formula is C14H13F3N2O. The Bertz CT molecular complexity index is 567. The van der Waals surface area contributed by atoms with Gasteiger partial charge in [-0.1, -0.05) is 12.1 Å². The molecule has 2 rings (SSSR count). The molecule has 0 amide bonds. The molecule has 0 atom stereocenters. The zero-order valence-corrected chi connectivity index (χ0v) is 10.5. The predicted octanol–water partition coefficient (Wildman–Crippen LogP) is 3.46. The molecule has 0 unspecified atom stereocenters. The van der Waals surface area contributed by atoms with Gasteiger partial charge in [-0.15, -0.1) is 0 Å². The van der Waals surface area contributed by atoms with Gasteiger partial charge in [-0.2, -0.15) is 13.2 Å². The van der Waals surface area contributed by atoms with E-state index in [2.05, 4.69) is 10.3 Å². The molecule has 0 saturated heterocycles. The minimum atomic E-state index is -4.42. The van der Waals surface area contributed by atoms with Crippen LogP contribution in [-0.2, 0) is 12.6 Å². The minimum Gasteiger partial charge on any atom is -0.508 e. The van der Waals surface area contributed by atoms with E-state index in [0.29, 0.717) is 13.0 Å². The van der Waals surface area contributed by atoms with Crippen molar-refractivity contribution in [3.63, 3.8) is 0 Å². The van der Waals surface area contributed by atoms with Crippen LogP contribution in [-0.4, -0.2) is 16.6 Å². The van der Waals surface area contributed by atoms with Gasteiger partial charge in [0, 0.05) is 12.7 Å². The van der Waals surface area contributed by atoms with Gasteiger partial charge in [-0.25, -0.2) is 4.98 Å². The number of anilines is 1. The molecule has 1 heterocycles. The number of hydrogen-bond donors (Lipinski definition) is 2. The number of phenols is 1. The monoisotopic (exact) mass is 282 g/mol. The second kappa shape index (κ2) is 5.81. The van der Waals surface area contributed by atoms with Crippen LogP contribution in [0.3, 0.4) is 0 Å². The first-order valence-electron chi connectivity index (χ1n) is 6.01. The van der Waals surface area contributed by atoms with Gasteiger partial charge in [-0.3, -0.25) is 0 Å². The molecule has 106 valence electrons. The van der Waals surface area contributed by atoms with E-state index in [1.807, 2.05) is 0 Å². The van der Waals surface area contributed by atoms with Crippen molar-refractivity contribution < 1.29 is 18.3 Å². The van der Waals surface area contributed by atoms with Crippen molar-refractivity contribution in [3.05, 3.63) is 53.7 Å². The van der Waals surface area contributed by atoms with Crippen molar-refractivity contribution in [3.8, 4) is 5.75 Å². The number of aromatic hydroxyl groups is 1. The number of nitrogens with zero attached hydrogens (tertiary/aromatic N) is 1. The maximum atomic E-state index is 12.7. The molecule has 0 spiro atoms. The lowest BCUT2D eigenvalue weighted by molar-refractivity contribution is -0.137. The Morgan fingerprint density at radius 3 is 2.45 bits per heavy atom. The number of nitrogens with one attached hydrogen (secondary N) is 1. The number of pyridine rings is 1. The first kappa shape index (κ1) is 14.2. The van der Waals surface area contributed by atoms with Crippen LogP contribution in [0.4, 0.5) is 19.0 Å². The summed E-state index contributed by atoms with van der Waals surface area (Å²) in [5.41, 5.74) is 0.144. The molecule has 1 aromatic carbocycles. The van der Waals surface area contributed by atoms with Crippen LogP contribution in [0.25, 0.3) is 0 Å². The molecule has 6 heteroatoms. The van der Waals surface area contributed by atoms with Crippen LogP contribution in [0.15, 0.2) is 42.6 Å². The Morgan fingerprint density at radius 1 is 1.10 bits per heavy atom. The van der Waals surface area contributed by atoms with Gasteiger partial charge < -0.3 is 10.4 Å². The van der Waals surface area contributed by atoms with Crippen LogP contribution in [0.5, 0.6) is 5.75 Å². The summed E-state index contributed by atoms with van der Waals surface area (Å²) in [7, 11) is 0. The third kappa shape index (κ3) is 3.63. The van der Waals surface area contributed by atoms with Crippen molar-refractivity contribution in [2.45, 2.75) is 12.6 Å². The summed E-state index contributed by atoms with van der Waals surface area (Å²) < 4.78 is 38.2. The van der Waals surface area contributed by atoms with Gasteiger partial charge >= 0.3 is 6.18 Å². The van der Waals surface area contributed by atoms with E-state index in [1.54, 1.807) is 12.1 Å². The third-order valence-electron chi connectivity index (χ3n) is 2.76. The maximum absolute atomic E-state index is 12.7. The highest BCUT2D eigenvalue weighted by molar-refractivity contribution is 5.45. The fourth-order valence-corrected chi connectivity index (χ4v) is 1.76. The topological polar surface area (TPSA) is 45.1 Å². The van der Waals surface area contributed by atoms with E-state index in [0.717, 1.165) is 11.6 Å². The fourth-order valence-electron chi connectivity index (χ4n) is 1.76. The normalized spacial score (nSPS) is 11.3. The largest absolute Gasteiger partial charge is 0.508 e. The first-order valence-corrected chi connectivity index (χ1v) is 6.01. The molecule has 3 nitrogen and oxygen atoms in total. The van der Waals surface area contributed by atoms with Gasteiger partial charge in [0.15, 0.2) is 0 Å². The average Bonchev–Trinajstić information content (AvgIpc) is 2.40. The molecule has 0 fully saturated rings. The lowest BCUT2D eigenvalue weighted by atomic mass is 10.1. The molecule has 1 aromatic heterocycles. The van der Waals surface area contributed by atoms with E-state index >= 15 is 0 Å². The lowest BCUT2D eigenvalue weighted by Gasteiger charge is -2.13. The number of benzene rings is 1. The van der Waals surface area contributed by atoms with E-state index in [-0.39, 0.29) is 11.6 Å². The molecule has 0 aliphatic heterocycles. The van der Waals surface area contributed by atoms with E-state index in [9.17, 15) is 13.2 Å². The van der Waals surface area contributed by atoms with Crippen molar-refractivity contribution in [1.82, 2.24) is 4.98 Å². The molecule has 0 aliphatic carbocycles. The average molecular weight is 282 g/mol. The van der Waals surface area contributed by atoms with Crippen molar-refractivity contribution in [2.75, 3.05) is 11.9 Å². The summed E-state index contributed by atoms with van der Waals surface area (Å²) in [6, 6.07) is 8.78. The minimum absolute atomic E-state index is 0.158. The molecule has 2 N–H and O–H groups in total. The highest BCUT2D eigenvalue weighted by Gasteiger charge is 2.33. The Labute approximate surface area is 114 Å². The van der Waals surface area contributed by atoms with Crippen LogP contribution in [0, 0.1) is 0 Å². The molecule has 0 saturated carbocycles. The van der Waals surface area contributed by atoms with Gasteiger partial charge in [-0.05, 0) is 36.2 Å². The number of rotatable bonds is 4. The van der Waals surface area contributed by atoms with E-state index in [1.165, 1.54) is 24.4 Å². The predicted molar refractivity (Wildman–Crippen MR) is 69.5 cm³/mol. The summed E-state index contributed by atoms with van der Waals surface area (Å²) in [6.45, 7) is 0.324. The summed E-state index contributed by atoms with van der Waals surface area (Å²) in [5, 5.41) is 11.8. The number of phenolic OH excluding ortho intramolecular Hbond substituents is 1. The van der Waals surface area contributed by atoms with E-state index < -0.39 is 11.7 Å². The summed E-state index contributed by atoms with van der Waals surface area (Å²) in [4.78, 5) is 3.72. The maximum Gasteiger partial charge on any atom is 0.419 e. The zero-order valence-electron chi connectivity index (χ0n) is 10.5. The second-order valence-corrected chi connectivity index (χ2v) is 4.24. The summed E-state index contributed by atoms with van der Waals surface area (Å²) >= 11 is 0. The molecule has 0 aliphatic rings. The van der Waals surface area contributed by atoms with Gasteiger partial charge in [0.2, 0.25) is 0 Å². The lowest BCUT2D eigenvalue weighted by Crippen LogP contribution is -2.14. The summed E-state index contributed by atoms with van der Waals surface area (Å²) in [5.74, 6) is -0.00966. The second-order valence-electron chi connectivity index (χ2n) is 4.24. The highest BCUT2D eigenvalue weighted by atomic mass is 19.4. The van der Waals surface area contributed by atoms with Crippen molar-refractivity contribution >= 4 is 5.82 Å². The van der Waals surface area contributed by atoms with Gasteiger partial charge in [0.05, 0.1) is 5.56 Å². The Morgan fingerprint density at radius 2 is 1.80 bits per heavy atom. The summed E-state index contributed by atoms with van der Waals surface area (Å²) in [6.07, 6.45) is -2.57. The van der Waals surface area contributed by atoms with Gasteiger partial charge in [0.1, 0.15) is 11.6 Å². The number of aromatic nitrogens is 1. The quantitative estimate of drug-likeness (QED) is 0.902. The Hall–Kier alpha value is -2.24. The molecule has 0 bridgehead atoms. The Balaban J connectivity index is 1.99. The van der Waals surface area contributed by atoms with Crippen LogP contribution < -0.4 is 5.32 Å². The van der Waals surface area contributed by atoms with Crippen LogP contribution >= 0.6 is 0 Å².